The van der Waals surface area contributed by atoms with Crippen molar-refractivity contribution in [2.45, 2.75) is 80.1 Å². The molecular formula is C26H43NO. The summed E-state index contributed by atoms with van der Waals surface area (Å²) in [7, 11) is 0. The number of ether oxygens (including phenoxy) is 1. The van der Waals surface area contributed by atoms with Crippen LogP contribution in [0, 0.1) is 11.3 Å². The van der Waals surface area contributed by atoms with E-state index in [2.05, 4.69) is 83.8 Å². The Kier molecular flexibility index (Phi) is 11.0. The second kappa shape index (κ2) is 12.7. The van der Waals surface area contributed by atoms with Gasteiger partial charge < -0.3 is 10.1 Å². The number of nitrogens with one attached hydrogen (secondary N) is 1. The van der Waals surface area contributed by atoms with E-state index in [1.807, 2.05) is 0 Å². The van der Waals surface area contributed by atoms with E-state index in [0.29, 0.717) is 5.92 Å². The van der Waals surface area contributed by atoms with Crippen molar-refractivity contribution >= 4 is 0 Å². The number of rotatable bonds is 14. The first-order valence-electron chi connectivity index (χ1n) is 11.1. The maximum absolute atomic E-state index is 5.75. The highest BCUT2D eigenvalue weighted by Crippen LogP contribution is 2.33. The van der Waals surface area contributed by atoms with Gasteiger partial charge in [0.1, 0.15) is 5.75 Å². The Bertz CT molecular complexity index is 599. The van der Waals surface area contributed by atoms with E-state index in [-0.39, 0.29) is 5.41 Å². The third-order valence-electron chi connectivity index (χ3n) is 5.70. The van der Waals surface area contributed by atoms with E-state index in [4.69, 9.17) is 4.74 Å². The molecule has 1 unspecified atom stereocenters. The van der Waals surface area contributed by atoms with E-state index in [9.17, 15) is 0 Å². The lowest BCUT2D eigenvalue weighted by Gasteiger charge is -2.31. The molecule has 0 fully saturated rings. The first kappa shape index (κ1) is 24.3. The zero-order valence-corrected chi connectivity index (χ0v) is 19.2. The lowest BCUT2D eigenvalue weighted by atomic mass is 9.80. The van der Waals surface area contributed by atoms with Gasteiger partial charge in [-0.1, -0.05) is 65.0 Å². The van der Waals surface area contributed by atoms with E-state index in [0.717, 1.165) is 51.0 Å². The van der Waals surface area contributed by atoms with Gasteiger partial charge in [-0.3, -0.25) is 0 Å². The molecule has 0 spiro atoms. The number of unbranched alkanes of at least 4 members (excludes halogenated alkanes) is 1. The van der Waals surface area contributed by atoms with Crippen LogP contribution >= 0.6 is 0 Å². The molecule has 0 amide bonds. The summed E-state index contributed by atoms with van der Waals surface area (Å²) in [6, 6.07) is 8.57. The Morgan fingerprint density at radius 1 is 1.18 bits per heavy atom. The van der Waals surface area contributed by atoms with Crippen LogP contribution in [0.5, 0.6) is 5.75 Å². The molecule has 1 atom stereocenters. The molecule has 0 saturated carbocycles. The number of allylic oxidation sites excluding steroid dienone is 3. The van der Waals surface area contributed by atoms with Crippen LogP contribution in [-0.2, 0) is 6.42 Å². The number of benzene rings is 1. The summed E-state index contributed by atoms with van der Waals surface area (Å²) in [6.07, 6.45) is 9.15. The van der Waals surface area contributed by atoms with Gasteiger partial charge in [-0.25, -0.2) is 0 Å². The molecule has 158 valence electrons. The van der Waals surface area contributed by atoms with Crippen molar-refractivity contribution in [3.05, 3.63) is 53.8 Å². The average Bonchev–Trinajstić information content (AvgIpc) is 2.70. The Morgan fingerprint density at radius 2 is 1.86 bits per heavy atom. The summed E-state index contributed by atoms with van der Waals surface area (Å²) in [5.41, 5.74) is 4.17. The molecule has 0 aromatic heterocycles. The minimum absolute atomic E-state index is 0.141. The standard InChI is InChI=1S/C26H43NO/c1-8-22(5)17-18-26(7,9-2)23(6)27-19-11-10-12-24-13-15-25(16-14-24)28-20-21(3)4/h13-17,21,27H,6,8-12,18-20H2,1-5,7H3/b22-17+. The molecule has 2 heteroatoms. The van der Waals surface area contributed by atoms with Gasteiger partial charge >= 0.3 is 0 Å². The first-order chi connectivity index (χ1) is 13.3. The van der Waals surface area contributed by atoms with Crippen LogP contribution in [0.2, 0.25) is 0 Å². The summed E-state index contributed by atoms with van der Waals surface area (Å²) in [6.45, 7) is 19.5. The molecule has 1 aromatic carbocycles. The van der Waals surface area contributed by atoms with Gasteiger partial charge in [-0.15, -0.1) is 0 Å². The van der Waals surface area contributed by atoms with Crippen molar-refractivity contribution in [1.82, 2.24) is 5.32 Å². The van der Waals surface area contributed by atoms with Gasteiger partial charge in [0.05, 0.1) is 6.61 Å². The third-order valence-corrected chi connectivity index (χ3v) is 5.70. The van der Waals surface area contributed by atoms with E-state index in [1.54, 1.807) is 0 Å². The van der Waals surface area contributed by atoms with Crippen molar-refractivity contribution in [2.24, 2.45) is 11.3 Å². The molecule has 0 aliphatic rings. The fourth-order valence-electron chi connectivity index (χ4n) is 2.95. The van der Waals surface area contributed by atoms with Crippen LogP contribution in [0.25, 0.3) is 0 Å². The van der Waals surface area contributed by atoms with Crippen molar-refractivity contribution in [1.29, 1.82) is 0 Å². The Hall–Kier alpha value is -1.70. The highest BCUT2D eigenvalue weighted by Gasteiger charge is 2.24. The SMILES string of the molecule is C=C(NCCCCc1ccc(OCC(C)C)cc1)C(C)(CC)C/C=C(\C)CC. The Morgan fingerprint density at radius 3 is 2.43 bits per heavy atom. The monoisotopic (exact) mass is 385 g/mol. The number of hydrogen-bond donors (Lipinski definition) is 1. The summed E-state index contributed by atoms with van der Waals surface area (Å²) < 4.78 is 5.75. The van der Waals surface area contributed by atoms with Crippen molar-refractivity contribution in [3.8, 4) is 5.75 Å². The molecular weight excluding hydrogens is 342 g/mol. The zero-order chi connectivity index (χ0) is 21.0. The molecule has 0 saturated heterocycles. The predicted octanol–water partition coefficient (Wildman–Crippen LogP) is 7.31. The van der Waals surface area contributed by atoms with Gasteiger partial charge in [-0.05, 0) is 69.1 Å². The van der Waals surface area contributed by atoms with Crippen LogP contribution in [-0.4, -0.2) is 13.2 Å². The molecule has 1 rings (SSSR count). The Balaban J connectivity index is 2.33. The summed E-state index contributed by atoms with van der Waals surface area (Å²) in [5, 5.41) is 3.59. The fraction of sp³-hybridized carbons (Fsp3) is 0.615. The van der Waals surface area contributed by atoms with Gasteiger partial charge in [0.2, 0.25) is 0 Å². The molecule has 0 bridgehead atoms. The predicted molar refractivity (Wildman–Crippen MR) is 124 cm³/mol. The fourth-order valence-corrected chi connectivity index (χ4v) is 2.95. The van der Waals surface area contributed by atoms with Gasteiger partial charge in [0.25, 0.3) is 0 Å². The van der Waals surface area contributed by atoms with E-state index < -0.39 is 0 Å². The maximum atomic E-state index is 5.75. The second-order valence-electron chi connectivity index (χ2n) is 8.73. The number of aryl methyl sites for hydroxylation is 1. The molecule has 0 aliphatic carbocycles. The summed E-state index contributed by atoms with van der Waals surface area (Å²) >= 11 is 0. The summed E-state index contributed by atoms with van der Waals surface area (Å²) in [4.78, 5) is 0. The minimum atomic E-state index is 0.141. The van der Waals surface area contributed by atoms with Crippen LogP contribution in [0.1, 0.15) is 79.2 Å². The zero-order valence-electron chi connectivity index (χ0n) is 19.2. The molecule has 0 aliphatic heterocycles. The van der Waals surface area contributed by atoms with Crippen LogP contribution in [0.15, 0.2) is 48.2 Å². The molecule has 0 heterocycles. The molecule has 28 heavy (non-hydrogen) atoms. The topological polar surface area (TPSA) is 21.3 Å². The number of hydrogen-bond acceptors (Lipinski definition) is 2. The molecule has 0 radical (unpaired) electrons. The molecule has 2 nitrogen and oxygen atoms in total. The van der Waals surface area contributed by atoms with E-state index >= 15 is 0 Å². The normalized spacial score (nSPS) is 14.0. The van der Waals surface area contributed by atoms with E-state index in [1.165, 1.54) is 23.3 Å². The lowest BCUT2D eigenvalue weighted by molar-refractivity contribution is 0.271. The van der Waals surface area contributed by atoms with Gasteiger partial charge in [0, 0.05) is 17.7 Å². The smallest absolute Gasteiger partial charge is 0.119 e. The van der Waals surface area contributed by atoms with Crippen LogP contribution in [0.4, 0.5) is 0 Å². The van der Waals surface area contributed by atoms with Gasteiger partial charge in [0.15, 0.2) is 0 Å². The van der Waals surface area contributed by atoms with Crippen LogP contribution < -0.4 is 10.1 Å². The average molecular weight is 386 g/mol. The largest absolute Gasteiger partial charge is 0.493 e. The molecule has 1 N–H and O–H groups in total. The third kappa shape index (κ3) is 8.99. The highest BCUT2D eigenvalue weighted by molar-refractivity contribution is 5.27. The Labute approximate surface area is 174 Å². The van der Waals surface area contributed by atoms with Crippen molar-refractivity contribution in [3.63, 3.8) is 0 Å². The van der Waals surface area contributed by atoms with Crippen molar-refractivity contribution < 1.29 is 4.74 Å². The lowest BCUT2D eigenvalue weighted by Crippen LogP contribution is -2.28. The molecule has 1 aromatic rings. The summed E-state index contributed by atoms with van der Waals surface area (Å²) in [5.74, 6) is 1.53. The second-order valence-corrected chi connectivity index (χ2v) is 8.73. The highest BCUT2D eigenvalue weighted by atomic mass is 16.5. The quantitative estimate of drug-likeness (QED) is 0.268. The van der Waals surface area contributed by atoms with Gasteiger partial charge in [-0.2, -0.15) is 0 Å². The first-order valence-corrected chi connectivity index (χ1v) is 11.1. The van der Waals surface area contributed by atoms with Crippen LogP contribution in [0.3, 0.4) is 0 Å². The minimum Gasteiger partial charge on any atom is -0.493 e. The maximum Gasteiger partial charge on any atom is 0.119 e. The van der Waals surface area contributed by atoms with Crippen molar-refractivity contribution in [2.75, 3.05) is 13.2 Å².